The minimum atomic E-state index is -3.97. The van der Waals surface area contributed by atoms with Crippen molar-refractivity contribution in [3.8, 4) is 17.1 Å². The van der Waals surface area contributed by atoms with E-state index in [2.05, 4.69) is 15.5 Å². The number of sulfonamides is 1. The summed E-state index contributed by atoms with van der Waals surface area (Å²) < 4.78 is 38.3. The number of nitrogens with one attached hydrogen (secondary N) is 1. The number of anilines is 1. The van der Waals surface area contributed by atoms with Gasteiger partial charge in [0.2, 0.25) is 27.6 Å². The first-order chi connectivity index (χ1) is 16.2. The fourth-order valence-corrected chi connectivity index (χ4v) is 6.04. The van der Waals surface area contributed by atoms with Crippen molar-refractivity contribution in [3.63, 3.8) is 0 Å². The largest absolute Gasteiger partial charge is 0.495 e. The van der Waals surface area contributed by atoms with Crippen LogP contribution in [0.25, 0.3) is 11.4 Å². The van der Waals surface area contributed by atoms with Crippen molar-refractivity contribution in [3.05, 3.63) is 52.3 Å². The molecule has 1 fully saturated rings. The number of aromatic nitrogens is 2. The molecule has 1 atom stereocenters. The number of halogens is 2. The molecule has 1 aliphatic rings. The number of aryl methyl sites for hydroxylation is 1. The Bertz CT molecular complexity index is 1330. The van der Waals surface area contributed by atoms with Crippen molar-refractivity contribution in [2.45, 2.75) is 24.7 Å². The maximum atomic E-state index is 13.5. The molecule has 1 aromatic heterocycles. The average molecular weight is 525 g/mol. The number of rotatable bonds is 6. The molecule has 4 rings (SSSR count). The molecular formula is C22H22Cl2N4O5S. The summed E-state index contributed by atoms with van der Waals surface area (Å²) in [4.78, 5) is 17.0. The highest BCUT2D eigenvalue weighted by Gasteiger charge is 2.34. The van der Waals surface area contributed by atoms with Gasteiger partial charge in [0.1, 0.15) is 10.6 Å². The van der Waals surface area contributed by atoms with E-state index in [4.69, 9.17) is 32.5 Å². The minimum absolute atomic E-state index is 0.0277. The van der Waals surface area contributed by atoms with Crippen LogP contribution >= 0.6 is 23.2 Å². The van der Waals surface area contributed by atoms with Crippen molar-refractivity contribution in [2.75, 3.05) is 25.5 Å². The van der Waals surface area contributed by atoms with E-state index >= 15 is 0 Å². The number of hydrogen-bond donors (Lipinski definition) is 1. The molecule has 0 unspecified atom stereocenters. The lowest BCUT2D eigenvalue weighted by Crippen LogP contribution is -2.43. The topological polar surface area (TPSA) is 115 Å². The van der Waals surface area contributed by atoms with Gasteiger partial charge in [-0.25, -0.2) is 8.42 Å². The first-order valence-corrected chi connectivity index (χ1v) is 12.6. The Balaban J connectivity index is 1.53. The van der Waals surface area contributed by atoms with Crippen LogP contribution in [0, 0.1) is 12.8 Å². The third kappa shape index (κ3) is 5.05. The molecule has 1 aliphatic heterocycles. The second-order valence-corrected chi connectivity index (χ2v) is 10.5. The van der Waals surface area contributed by atoms with Crippen LogP contribution in [0.15, 0.2) is 45.8 Å². The molecule has 0 saturated carbocycles. The molecule has 2 aromatic carbocycles. The van der Waals surface area contributed by atoms with Crippen LogP contribution in [0.2, 0.25) is 10.0 Å². The van der Waals surface area contributed by atoms with Crippen LogP contribution in [0.5, 0.6) is 5.75 Å². The lowest BCUT2D eigenvalue weighted by atomic mass is 9.98. The Hall–Kier alpha value is -2.66. The lowest BCUT2D eigenvalue weighted by Gasteiger charge is -2.31. The molecule has 1 saturated heterocycles. The van der Waals surface area contributed by atoms with E-state index in [-0.39, 0.29) is 34.7 Å². The van der Waals surface area contributed by atoms with E-state index in [0.717, 1.165) is 0 Å². The van der Waals surface area contributed by atoms with E-state index in [1.807, 2.05) is 0 Å². The summed E-state index contributed by atoms with van der Waals surface area (Å²) >= 11 is 12.4. The fourth-order valence-electron chi connectivity index (χ4n) is 3.76. The number of nitrogens with zero attached hydrogens (tertiary/aromatic N) is 3. The van der Waals surface area contributed by atoms with Gasteiger partial charge in [0, 0.05) is 31.3 Å². The Morgan fingerprint density at radius 3 is 2.68 bits per heavy atom. The summed E-state index contributed by atoms with van der Waals surface area (Å²) in [5.41, 5.74) is 0.962. The fraction of sp³-hybridized carbons (Fsp3) is 0.318. The molecule has 2 heterocycles. The van der Waals surface area contributed by atoms with E-state index in [0.29, 0.717) is 40.8 Å². The number of piperidine rings is 1. The first-order valence-electron chi connectivity index (χ1n) is 10.4. The number of methoxy groups -OCH3 is 1. The van der Waals surface area contributed by atoms with Crippen LogP contribution in [0.1, 0.15) is 18.7 Å². The van der Waals surface area contributed by atoms with Gasteiger partial charge in [0.15, 0.2) is 0 Å². The van der Waals surface area contributed by atoms with Crippen LogP contribution in [0.4, 0.5) is 5.69 Å². The first kappa shape index (κ1) is 24.5. The molecular weight excluding hydrogens is 503 g/mol. The second-order valence-electron chi connectivity index (χ2n) is 7.82. The van der Waals surface area contributed by atoms with Crippen LogP contribution in [-0.4, -0.2) is 49.0 Å². The normalized spacial score (nSPS) is 16.9. The third-order valence-corrected chi connectivity index (χ3v) is 8.15. The summed E-state index contributed by atoms with van der Waals surface area (Å²) in [7, 11) is -2.47. The SMILES string of the molecule is COc1ccc(NC(=O)[C@@H]2CCCN(S(=O)(=O)c3cc(-c4noc(C)n4)ccc3Cl)C2)cc1Cl. The molecule has 0 spiro atoms. The van der Waals surface area contributed by atoms with Crippen LogP contribution in [-0.2, 0) is 14.8 Å². The van der Waals surface area contributed by atoms with E-state index in [1.165, 1.54) is 23.5 Å². The van der Waals surface area contributed by atoms with Gasteiger partial charge in [-0.1, -0.05) is 28.4 Å². The highest BCUT2D eigenvalue weighted by molar-refractivity contribution is 7.89. The molecule has 1 N–H and O–H groups in total. The summed E-state index contributed by atoms with van der Waals surface area (Å²) in [5.74, 6) is 0.288. The van der Waals surface area contributed by atoms with E-state index in [1.54, 1.807) is 31.2 Å². The van der Waals surface area contributed by atoms with Gasteiger partial charge in [-0.2, -0.15) is 9.29 Å². The highest BCUT2D eigenvalue weighted by atomic mass is 35.5. The predicted molar refractivity (Wildman–Crippen MR) is 128 cm³/mol. The number of ether oxygens (including phenoxy) is 1. The monoisotopic (exact) mass is 524 g/mol. The number of hydrogen-bond acceptors (Lipinski definition) is 7. The van der Waals surface area contributed by atoms with Crippen LogP contribution in [0.3, 0.4) is 0 Å². The van der Waals surface area contributed by atoms with Gasteiger partial charge in [-0.15, -0.1) is 0 Å². The molecule has 0 bridgehead atoms. The molecule has 9 nitrogen and oxygen atoms in total. The Morgan fingerprint density at radius 1 is 1.21 bits per heavy atom. The molecule has 180 valence electrons. The Labute approximate surface area is 207 Å². The minimum Gasteiger partial charge on any atom is -0.495 e. The summed E-state index contributed by atoms with van der Waals surface area (Å²) in [6.45, 7) is 1.95. The van der Waals surface area contributed by atoms with Crippen LogP contribution < -0.4 is 10.1 Å². The molecule has 12 heteroatoms. The van der Waals surface area contributed by atoms with Gasteiger partial charge < -0.3 is 14.6 Å². The van der Waals surface area contributed by atoms with E-state index < -0.39 is 15.9 Å². The average Bonchev–Trinajstić information content (AvgIpc) is 3.25. The molecule has 1 amide bonds. The quantitative estimate of drug-likeness (QED) is 0.507. The number of carbonyl (C=O) groups is 1. The van der Waals surface area contributed by atoms with Gasteiger partial charge in [0.25, 0.3) is 0 Å². The number of amides is 1. The van der Waals surface area contributed by atoms with Gasteiger partial charge >= 0.3 is 0 Å². The van der Waals surface area contributed by atoms with E-state index in [9.17, 15) is 13.2 Å². The zero-order chi connectivity index (χ0) is 24.5. The molecule has 0 radical (unpaired) electrons. The molecule has 3 aromatic rings. The maximum absolute atomic E-state index is 13.5. The van der Waals surface area contributed by atoms with Crippen molar-refractivity contribution >= 4 is 44.8 Å². The number of benzene rings is 2. The Morgan fingerprint density at radius 2 is 2.00 bits per heavy atom. The summed E-state index contributed by atoms with van der Waals surface area (Å²) in [5, 5.41) is 7.08. The zero-order valence-corrected chi connectivity index (χ0v) is 20.7. The standard InChI is InChI=1S/C22H22Cl2N4O5S/c1-13-25-21(27-33-13)14-5-7-17(23)20(10-14)34(30,31)28-9-3-4-15(12-28)22(29)26-16-6-8-19(32-2)18(24)11-16/h5-8,10-11,15H,3-4,9,12H2,1-2H3,(H,26,29)/t15-/m1/s1. The van der Waals surface area contributed by atoms with Crippen molar-refractivity contribution < 1.29 is 22.5 Å². The van der Waals surface area contributed by atoms with Crippen molar-refractivity contribution in [2.24, 2.45) is 5.92 Å². The van der Waals surface area contributed by atoms with Crippen molar-refractivity contribution in [1.29, 1.82) is 0 Å². The Kier molecular flexibility index (Phi) is 7.13. The lowest BCUT2D eigenvalue weighted by molar-refractivity contribution is -0.120. The third-order valence-electron chi connectivity index (χ3n) is 5.51. The smallest absolute Gasteiger partial charge is 0.244 e. The summed E-state index contributed by atoms with van der Waals surface area (Å²) in [6, 6.07) is 9.43. The second kappa shape index (κ2) is 9.91. The zero-order valence-electron chi connectivity index (χ0n) is 18.4. The van der Waals surface area contributed by atoms with Gasteiger partial charge in [-0.3, -0.25) is 4.79 Å². The number of carbonyl (C=O) groups excluding carboxylic acids is 1. The maximum Gasteiger partial charge on any atom is 0.244 e. The molecule has 34 heavy (non-hydrogen) atoms. The van der Waals surface area contributed by atoms with Crippen molar-refractivity contribution in [1.82, 2.24) is 14.4 Å². The highest BCUT2D eigenvalue weighted by Crippen LogP contribution is 2.32. The predicted octanol–water partition coefficient (Wildman–Crippen LogP) is 4.40. The van der Waals surface area contributed by atoms with Gasteiger partial charge in [-0.05, 0) is 49.2 Å². The van der Waals surface area contributed by atoms with Gasteiger partial charge in [0.05, 0.1) is 23.1 Å². The molecule has 0 aliphatic carbocycles. The summed E-state index contributed by atoms with van der Waals surface area (Å²) in [6.07, 6.45) is 1.08.